The van der Waals surface area contributed by atoms with Crippen LogP contribution in [0.15, 0.2) is 18.2 Å². The number of aliphatic carboxylic acids is 1. The van der Waals surface area contributed by atoms with Crippen LogP contribution in [0.3, 0.4) is 0 Å². The minimum atomic E-state index is -0.997. The lowest BCUT2D eigenvalue weighted by atomic mass is 10.2. The number of hydrogen-bond acceptors (Lipinski definition) is 2. The van der Waals surface area contributed by atoms with Crippen molar-refractivity contribution < 1.29 is 19.1 Å². The van der Waals surface area contributed by atoms with Crippen molar-refractivity contribution in [1.82, 2.24) is 4.90 Å². The molecule has 0 spiro atoms. The van der Waals surface area contributed by atoms with Gasteiger partial charge in [0.05, 0.1) is 0 Å². The van der Waals surface area contributed by atoms with Crippen molar-refractivity contribution in [2.45, 2.75) is 25.8 Å². The van der Waals surface area contributed by atoms with Gasteiger partial charge in [0.2, 0.25) is 0 Å². The maximum absolute atomic E-state index is 13.0. The van der Waals surface area contributed by atoms with Gasteiger partial charge in [-0.25, -0.2) is 14.0 Å². The van der Waals surface area contributed by atoms with E-state index in [4.69, 9.17) is 5.11 Å². The first-order valence-electron chi connectivity index (χ1n) is 6.05. The van der Waals surface area contributed by atoms with Crippen molar-refractivity contribution in [2.24, 2.45) is 0 Å². The molecule has 0 bridgehead atoms. The van der Waals surface area contributed by atoms with Gasteiger partial charge in [0.1, 0.15) is 11.9 Å². The van der Waals surface area contributed by atoms with Gasteiger partial charge in [-0.15, -0.1) is 0 Å². The Balaban J connectivity index is 2.10. The molecule has 19 heavy (non-hydrogen) atoms. The Kier molecular flexibility index (Phi) is 3.69. The van der Waals surface area contributed by atoms with Gasteiger partial charge in [0.25, 0.3) is 0 Å². The highest BCUT2D eigenvalue weighted by Crippen LogP contribution is 2.21. The van der Waals surface area contributed by atoms with Crippen LogP contribution in [-0.4, -0.2) is 34.6 Å². The van der Waals surface area contributed by atoms with Crippen molar-refractivity contribution in [2.75, 3.05) is 11.9 Å². The number of nitrogens with zero attached hydrogens (tertiary/aromatic N) is 1. The van der Waals surface area contributed by atoms with E-state index in [1.807, 2.05) is 0 Å². The molecule has 6 heteroatoms. The summed E-state index contributed by atoms with van der Waals surface area (Å²) in [5.41, 5.74) is 1.09. The molecular formula is C13H15FN2O3. The number of carboxylic acid groups (broad SMARTS) is 1. The van der Waals surface area contributed by atoms with E-state index in [1.54, 1.807) is 6.92 Å². The summed E-state index contributed by atoms with van der Waals surface area (Å²) in [4.78, 5) is 24.3. The largest absolute Gasteiger partial charge is 0.480 e. The lowest BCUT2D eigenvalue weighted by molar-refractivity contribution is -0.141. The molecule has 0 unspecified atom stereocenters. The summed E-state index contributed by atoms with van der Waals surface area (Å²) >= 11 is 0. The first-order chi connectivity index (χ1) is 8.99. The van der Waals surface area contributed by atoms with E-state index in [9.17, 15) is 14.0 Å². The third-order valence-electron chi connectivity index (χ3n) is 3.23. The number of hydrogen-bond donors (Lipinski definition) is 2. The second-order valence-electron chi connectivity index (χ2n) is 4.58. The molecule has 0 aromatic heterocycles. The Morgan fingerprint density at radius 3 is 2.84 bits per heavy atom. The minimum absolute atomic E-state index is 0.375. The summed E-state index contributed by atoms with van der Waals surface area (Å²) in [7, 11) is 0. The van der Waals surface area contributed by atoms with Crippen molar-refractivity contribution in [1.29, 1.82) is 0 Å². The molecule has 1 aromatic rings. The predicted octanol–water partition coefficient (Wildman–Crippen LogP) is 2.22. The third-order valence-corrected chi connectivity index (χ3v) is 3.23. The summed E-state index contributed by atoms with van der Waals surface area (Å²) in [6, 6.07) is 2.80. The maximum atomic E-state index is 13.0. The van der Waals surface area contributed by atoms with E-state index in [-0.39, 0.29) is 5.82 Å². The molecule has 2 amide bonds. The Hall–Kier alpha value is -2.11. The Labute approximate surface area is 110 Å². The van der Waals surface area contributed by atoms with Gasteiger partial charge in [-0.2, -0.15) is 0 Å². The van der Waals surface area contributed by atoms with Gasteiger partial charge >= 0.3 is 12.0 Å². The number of amides is 2. The maximum Gasteiger partial charge on any atom is 0.326 e. The molecular weight excluding hydrogens is 251 g/mol. The van der Waals surface area contributed by atoms with Crippen LogP contribution in [0.2, 0.25) is 0 Å². The molecule has 1 saturated heterocycles. The Morgan fingerprint density at radius 2 is 2.21 bits per heavy atom. The molecule has 102 valence electrons. The second kappa shape index (κ2) is 5.26. The molecule has 2 rings (SSSR count). The molecule has 1 fully saturated rings. The molecule has 1 aliphatic heterocycles. The molecule has 1 aliphatic rings. The quantitative estimate of drug-likeness (QED) is 0.862. The molecule has 1 heterocycles. The average molecular weight is 266 g/mol. The predicted molar refractivity (Wildman–Crippen MR) is 67.5 cm³/mol. The van der Waals surface area contributed by atoms with Crippen molar-refractivity contribution in [3.05, 3.63) is 29.6 Å². The van der Waals surface area contributed by atoms with Gasteiger partial charge in [-0.05, 0) is 43.5 Å². The van der Waals surface area contributed by atoms with Gasteiger partial charge in [0.15, 0.2) is 0 Å². The fraction of sp³-hybridized carbons (Fsp3) is 0.385. The highest BCUT2D eigenvalue weighted by molar-refractivity contribution is 5.93. The fourth-order valence-electron chi connectivity index (χ4n) is 2.22. The van der Waals surface area contributed by atoms with Gasteiger partial charge in [0, 0.05) is 12.2 Å². The third kappa shape index (κ3) is 2.83. The number of anilines is 1. The fourth-order valence-corrected chi connectivity index (χ4v) is 2.22. The zero-order chi connectivity index (χ0) is 14.0. The van der Waals surface area contributed by atoms with Crippen molar-refractivity contribution >= 4 is 17.7 Å². The second-order valence-corrected chi connectivity index (χ2v) is 4.58. The molecule has 0 aliphatic carbocycles. The molecule has 0 radical (unpaired) electrons. The van der Waals surface area contributed by atoms with Gasteiger partial charge in [-0.3, -0.25) is 0 Å². The number of rotatable bonds is 2. The first-order valence-corrected chi connectivity index (χ1v) is 6.05. The molecule has 1 aromatic carbocycles. The topological polar surface area (TPSA) is 69.6 Å². The number of aryl methyl sites for hydroxylation is 1. The number of benzene rings is 1. The highest BCUT2D eigenvalue weighted by Gasteiger charge is 2.34. The summed E-state index contributed by atoms with van der Waals surface area (Å²) in [6.45, 7) is 2.10. The van der Waals surface area contributed by atoms with Crippen LogP contribution in [0.25, 0.3) is 0 Å². The average Bonchev–Trinajstić information content (AvgIpc) is 2.82. The lowest BCUT2D eigenvalue weighted by Gasteiger charge is -2.22. The van der Waals surface area contributed by atoms with E-state index < -0.39 is 18.0 Å². The number of carboxylic acids is 1. The summed E-state index contributed by atoms with van der Waals surface area (Å²) in [6.07, 6.45) is 1.14. The van der Waals surface area contributed by atoms with Crippen LogP contribution >= 0.6 is 0 Å². The molecule has 5 nitrogen and oxygen atoms in total. The lowest BCUT2D eigenvalue weighted by Crippen LogP contribution is -2.42. The van der Waals surface area contributed by atoms with Crippen LogP contribution in [0.4, 0.5) is 14.9 Å². The van der Waals surface area contributed by atoms with E-state index in [0.717, 1.165) is 0 Å². The standard InChI is InChI=1S/C13H15FN2O3/c1-8-7-9(14)4-5-10(8)15-13(19)16-6-2-3-11(16)12(17)18/h4-5,7,11H,2-3,6H2,1H3,(H,15,19)(H,17,18)/t11-/m1/s1. The van der Waals surface area contributed by atoms with Gasteiger partial charge in [-0.1, -0.05) is 0 Å². The van der Waals surface area contributed by atoms with E-state index in [1.165, 1.54) is 23.1 Å². The first kappa shape index (κ1) is 13.3. The zero-order valence-electron chi connectivity index (χ0n) is 10.5. The van der Waals surface area contributed by atoms with Crippen LogP contribution in [0.5, 0.6) is 0 Å². The number of urea groups is 1. The SMILES string of the molecule is Cc1cc(F)ccc1NC(=O)N1CCC[C@@H]1C(=O)O. The highest BCUT2D eigenvalue weighted by atomic mass is 19.1. The zero-order valence-corrected chi connectivity index (χ0v) is 10.5. The monoisotopic (exact) mass is 266 g/mol. The summed E-state index contributed by atoms with van der Waals surface area (Å²) < 4.78 is 13.0. The molecule has 2 N–H and O–H groups in total. The van der Waals surface area contributed by atoms with Crippen LogP contribution < -0.4 is 5.32 Å². The number of carbonyl (C=O) groups excluding carboxylic acids is 1. The Morgan fingerprint density at radius 1 is 1.47 bits per heavy atom. The van der Waals surface area contributed by atoms with Crippen LogP contribution in [0, 0.1) is 12.7 Å². The Bertz CT molecular complexity index is 519. The van der Waals surface area contributed by atoms with Crippen molar-refractivity contribution in [3.63, 3.8) is 0 Å². The van der Waals surface area contributed by atoms with Crippen molar-refractivity contribution in [3.8, 4) is 0 Å². The number of halogens is 1. The van der Waals surface area contributed by atoms with E-state index in [2.05, 4.69) is 5.32 Å². The molecule has 1 atom stereocenters. The minimum Gasteiger partial charge on any atom is -0.480 e. The van der Waals surface area contributed by atoms with Crippen LogP contribution in [-0.2, 0) is 4.79 Å². The van der Waals surface area contributed by atoms with E-state index in [0.29, 0.717) is 30.6 Å². The number of nitrogens with one attached hydrogen (secondary N) is 1. The molecule has 0 saturated carbocycles. The van der Waals surface area contributed by atoms with Gasteiger partial charge < -0.3 is 15.3 Å². The number of carbonyl (C=O) groups is 2. The summed E-state index contributed by atoms with van der Waals surface area (Å²) in [5.74, 6) is -1.37. The van der Waals surface area contributed by atoms with Crippen LogP contribution in [0.1, 0.15) is 18.4 Å². The summed E-state index contributed by atoms with van der Waals surface area (Å²) in [5, 5.41) is 11.6. The normalized spacial score (nSPS) is 18.4. The smallest absolute Gasteiger partial charge is 0.326 e. The van der Waals surface area contributed by atoms with E-state index >= 15 is 0 Å². The number of likely N-dealkylation sites (tertiary alicyclic amines) is 1.